The van der Waals surface area contributed by atoms with Gasteiger partial charge in [-0.25, -0.2) is 0 Å². The number of hydrogen-bond donors (Lipinski definition) is 2. The number of benzene rings is 1. The van der Waals surface area contributed by atoms with Crippen molar-refractivity contribution in [1.82, 2.24) is 5.32 Å². The molecule has 3 nitrogen and oxygen atoms in total. The molecular formula is C15H24ClNO2. The Balaban J connectivity index is 2.44. The predicted molar refractivity (Wildman–Crippen MR) is 80.1 cm³/mol. The molecule has 2 N–H and O–H groups in total. The molecule has 1 rings (SSSR count). The minimum absolute atomic E-state index is 0.286. The van der Waals surface area contributed by atoms with Gasteiger partial charge in [0.15, 0.2) is 0 Å². The maximum atomic E-state index is 9.85. The third-order valence-electron chi connectivity index (χ3n) is 2.78. The molecule has 0 saturated carbocycles. The van der Waals surface area contributed by atoms with Crippen LogP contribution in [0.3, 0.4) is 0 Å². The molecule has 0 aliphatic heterocycles. The molecule has 1 aromatic rings. The van der Waals surface area contributed by atoms with Crippen LogP contribution in [-0.4, -0.2) is 30.9 Å². The molecule has 108 valence electrons. The average molecular weight is 286 g/mol. The fraction of sp³-hybridized carbons (Fsp3) is 0.600. The lowest BCUT2D eigenvalue weighted by molar-refractivity contribution is 0.105. The van der Waals surface area contributed by atoms with E-state index in [1.165, 1.54) is 0 Å². The van der Waals surface area contributed by atoms with Crippen molar-refractivity contribution < 1.29 is 9.84 Å². The zero-order valence-corrected chi connectivity index (χ0v) is 12.9. The second-order valence-electron chi connectivity index (χ2n) is 5.39. The molecule has 0 bridgehead atoms. The van der Waals surface area contributed by atoms with Crippen LogP contribution in [0.4, 0.5) is 0 Å². The fourth-order valence-electron chi connectivity index (χ4n) is 1.90. The molecule has 1 unspecified atom stereocenters. The van der Waals surface area contributed by atoms with Crippen LogP contribution in [0.1, 0.15) is 25.0 Å². The van der Waals surface area contributed by atoms with Crippen LogP contribution < -0.4 is 10.1 Å². The molecule has 19 heavy (non-hydrogen) atoms. The summed E-state index contributed by atoms with van der Waals surface area (Å²) in [6.07, 6.45) is -0.506. The van der Waals surface area contributed by atoms with Crippen molar-refractivity contribution in [2.24, 2.45) is 5.92 Å². The van der Waals surface area contributed by atoms with Crippen molar-refractivity contribution in [1.29, 1.82) is 0 Å². The van der Waals surface area contributed by atoms with Crippen LogP contribution in [0.25, 0.3) is 0 Å². The minimum Gasteiger partial charge on any atom is -0.490 e. The molecule has 0 spiro atoms. The highest BCUT2D eigenvalue weighted by atomic mass is 35.5. The minimum atomic E-state index is -0.506. The van der Waals surface area contributed by atoms with E-state index in [1.54, 1.807) is 0 Å². The molecule has 0 aromatic heterocycles. The van der Waals surface area contributed by atoms with Crippen molar-refractivity contribution in [3.63, 3.8) is 0 Å². The first kappa shape index (κ1) is 16.3. The van der Waals surface area contributed by atoms with E-state index in [9.17, 15) is 5.11 Å². The summed E-state index contributed by atoms with van der Waals surface area (Å²) in [6, 6.07) is 3.74. The van der Waals surface area contributed by atoms with E-state index in [0.717, 1.165) is 23.4 Å². The molecule has 4 heteroatoms. The Morgan fingerprint density at radius 2 is 1.79 bits per heavy atom. The Morgan fingerprint density at radius 1 is 1.21 bits per heavy atom. The Labute approximate surface area is 120 Å². The smallest absolute Gasteiger partial charge is 0.125 e. The van der Waals surface area contributed by atoms with E-state index < -0.39 is 6.10 Å². The molecule has 0 saturated heterocycles. The second kappa shape index (κ2) is 7.73. The van der Waals surface area contributed by atoms with Crippen LogP contribution in [0.15, 0.2) is 12.1 Å². The Kier molecular flexibility index (Phi) is 6.63. The van der Waals surface area contributed by atoms with Crippen molar-refractivity contribution in [2.45, 2.75) is 33.8 Å². The molecule has 0 radical (unpaired) electrons. The summed E-state index contributed by atoms with van der Waals surface area (Å²) < 4.78 is 5.69. The van der Waals surface area contributed by atoms with Gasteiger partial charge in [-0.1, -0.05) is 25.4 Å². The Bertz CT molecular complexity index is 384. The van der Waals surface area contributed by atoms with Crippen molar-refractivity contribution in [3.8, 4) is 5.75 Å². The Morgan fingerprint density at radius 3 is 2.32 bits per heavy atom. The molecular weight excluding hydrogens is 262 g/mol. The van der Waals surface area contributed by atoms with Crippen molar-refractivity contribution >= 4 is 11.6 Å². The lowest BCUT2D eigenvalue weighted by atomic mass is 10.1. The molecule has 0 amide bonds. The van der Waals surface area contributed by atoms with Crippen LogP contribution in [0.2, 0.25) is 5.02 Å². The number of aliphatic hydroxyl groups excluding tert-OH is 1. The van der Waals surface area contributed by atoms with Gasteiger partial charge in [0.25, 0.3) is 0 Å². The summed E-state index contributed by atoms with van der Waals surface area (Å²) in [5.74, 6) is 1.39. The lowest BCUT2D eigenvalue weighted by Crippen LogP contribution is -2.33. The SMILES string of the molecule is Cc1cc(Cl)cc(C)c1OCC(O)CNCC(C)C. The van der Waals surface area contributed by atoms with E-state index in [0.29, 0.717) is 17.5 Å². The van der Waals surface area contributed by atoms with Gasteiger partial charge in [-0.3, -0.25) is 0 Å². The molecule has 0 aliphatic rings. The van der Waals surface area contributed by atoms with Gasteiger partial charge in [0.2, 0.25) is 0 Å². The number of nitrogens with one attached hydrogen (secondary N) is 1. The van der Waals surface area contributed by atoms with Gasteiger partial charge in [-0.15, -0.1) is 0 Å². The summed E-state index contributed by atoms with van der Waals surface area (Å²) in [5, 5.41) is 13.8. The quantitative estimate of drug-likeness (QED) is 0.809. The topological polar surface area (TPSA) is 41.5 Å². The normalized spacial score (nSPS) is 12.8. The summed E-state index contributed by atoms with van der Waals surface area (Å²) in [4.78, 5) is 0. The molecule has 1 aromatic carbocycles. The molecule has 1 atom stereocenters. The summed E-state index contributed by atoms with van der Waals surface area (Å²) in [6.45, 7) is 9.91. The summed E-state index contributed by atoms with van der Waals surface area (Å²) in [7, 11) is 0. The highest BCUT2D eigenvalue weighted by Crippen LogP contribution is 2.27. The van der Waals surface area contributed by atoms with Crippen LogP contribution in [0.5, 0.6) is 5.75 Å². The first-order chi connectivity index (χ1) is 8.90. The summed E-state index contributed by atoms with van der Waals surface area (Å²) >= 11 is 5.97. The second-order valence-corrected chi connectivity index (χ2v) is 5.82. The first-order valence-electron chi connectivity index (χ1n) is 6.68. The zero-order chi connectivity index (χ0) is 14.4. The maximum absolute atomic E-state index is 9.85. The largest absolute Gasteiger partial charge is 0.490 e. The van der Waals surface area contributed by atoms with Gasteiger partial charge in [0, 0.05) is 11.6 Å². The van der Waals surface area contributed by atoms with Gasteiger partial charge in [-0.05, 0) is 49.6 Å². The fourth-order valence-corrected chi connectivity index (χ4v) is 2.23. The van der Waals surface area contributed by atoms with Crippen molar-refractivity contribution in [3.05, 3.63) is 28.3 Å². The summed E-state index contributed by atoms with van der Waals surface area (Å²) in [5.41, 5.74) is 1.99. The van der Waals surface area contributed by atoms with Gasteiger partial charge in [0.05, 0.1) is 0 Å². The van der Waals surface area contributed by atoms with E-state index >= 15 is 0 Å². The van der Waals surface area contributed by atoms with Gasteiger partial charge in [0.1, 0.15) is 18.5 Å². The predicted octanol–water partition coefficient (Wildman–Crippen LogP) is 2.94. The Hall–Kier alpha value is -0.770. The van der Waals surface area contributed by atoms with Gasteiger partial charge >= 0.3 is 0 Å². The van der Waals surface area contributed by atoms with Gasteiger partial charge < -0.3 is 15.2 Å². The molecule has 0 heterocycles. The van der Waals surface area contributed by atoms with E-state index in [4.69, 9.17) is 16.3 Å². The third kappa shape index (κ3) is 5.81. The number of aryl methyl sites for hydroxylation is 2. The van der Waals surface area contributed by atoms with Crippen LogP contribution in [0, 0.1) is 19.8 Å². The number of aliphatic hydroxyl groups is 1. The standard InChI is InChI=1S/C15H24ClNO2/c1-10(2)7-17-8-14(18)9-19-15-11(3)5-13(16)6-12(15)4/h5-6,10,14,17-18H,7-9H2,1-4H3. The molecule has 0 aliphatic carbocycles. The lowest BCUT2D eigenvalue weighted by Gasteiger charge is -2.17. The van der Waals surface area contributed by atoms with Crippen LogP contribution in [-0.2, 0) is 0 Å². The number of hydrogen-bond acceptors (Lipinski definition) is 3. The maximum Gasteiger partial charge on any atom is 0.125 e. The van der Waals surface area contributed by atoms with E-state index in [-0.39, 0.29) is 6.61 Å². The molecule has 0 fully saturated rings. The highest BCUT2D eigenvalue weighted by molar-refractivity contribution is 6.30. The number of halogens is 1. The number of ether oxygens (including phenoxy) is 1. The third-order valence-corrected chi connectivity index (χ3v) is 3.00. The highest BCUT2D eigenvalue weighted by Gasteiger charge is 2.09. The average Bonchev–Trinajstić information content (AvgIpc) is 2.26. The monoisotopic (exact) mass is 285 g/mol. The first-order valence-corrected chi connectivity index (χ1v) is 7.06. The van der Waals surface area contributed by atoms with Crippen LogP contribution >= 0.6 is 11.6 Å². The zero-order valence-electron chi connectivity index (χ0n) is 12.2. The van der Waals surface area contributed by atoms with E-state index in [1.807, 2.05) is 26.0 Å². The van der Waals surface area contributed by atoms with E-state index in [2.05, 4.69) is 19.2 Å². The van der Waals surface area contributed by atoms with Gasteiger partial charge in [-0.2, -0.15) is 0 Å². The number of rotatable bonds is 7. The van der Waals surface area contributed by atoms with Crippen molar-refractivity contribution in [2.75, 3.05) is 19.7 Å².